The Balaban J connectivity index is 2.47. The lowest BCUT2D eigenvalue weighted by atomic mass is 9.95. The molecule has 0 aromatic heterocycles. The molecule has 0 fully saturated rings. The number of esters is 1. The van der Waals surface area contributed by atoms with Crippen LogP contribution in [0.15, 0.2) is 29.5 Å². The number of ether oxygens (including phenoxy) is 2. The van der Waals surface area contributed by atoms with Crippen LogP contribution in [0, 0.1) is 0 Å². The molecule has 0 aliphatic carbocycles. The summed E-state index contributed by atoms with van der Waals surface area (Å²) in [5.41, 5.74) is 3.42. The molecule has 10 heteroatoms. The highest BCUT2D eigenvalue weighted by Gasteiger charge is 2.33. The minimum atomic E-state index is -0.655. The molecule has 1 aliphatic rings. The van der Waals surface area contributed by atoms with Crippen LogP contribution in [0.4, 0.5) is 0 Å². The number of halogens is 1. The third-order valence-electron chi connectivity index (χ3n) is 3.57. The van der Waals surface area contributed by atoms with Crippen molar-refractivity contribution >= 4 is 40.8 Å². The molecule has 26 heavy (non-hydrogen) atoms. The molecule has 0 saturated carbocycles. The maximum atomic E-state index is 12.4. The minimum Gasteiger partial charge on any atom is -0.483 e. The van der Waals surface area contributed by atoms with E-state index in [2.05, 4.69) is 10.6 Å². The van der Waals surface area contributed by atoms with Crippen LogP contribution in [-0.2, 0) is 14.3 Å². The minimum absolute atomic E-state index is 0.225. The van der Waals surface area contributed by atoms with E-state index < -0.39 is 17.9 Å². The lowest BCUT2D eigenvalue weighted by molar-refractivity contribution is -0.139. The summed E-state index contributed by atoms with van der Waals surface area (Å²) in [6, 6.07) is 4.19. The normalized spacial score (nSPS) is 16.5. The predicted octanol–water partition coefficient (Wildman–Crippen LogP) is 1.06. The van der Waals surface area contributed by atoms with Gasteiger partial charge in [0.2, 0.25) is 0 Å². The van der Waals surface area contributed by atoms with Crippen molar-refractivity contribution < 1.29 is 19.1 Å². The number of thiocarbonyl (C=S) groups is 1. The highest BCUT2D eigenvalue weighted by Crippen LogP contribution is 2.35. The van der Waals surface area contributed by atoms with E-state index in [4.69, 9.17) is 39.1 Å². The molecule has 8 nitrogen and oxygen atoms in total. The Morgan fingerprint density at radius 1 is 1.42 bits per heavy atom. The van der Waals surface area contributed by atoms with Crippen molar-refractivity contribution in [1.82, 2.24) is 16.1 Å². The van der Waals surface area contributed by atoms with E-state index in [1.807, 2.05) is 5.43 Å². The molecule has 1 atom stereocenters. The first-order valence-corrected chi connectivity index (χ1v) is 8.53. The maximum absolute atomic E-state index is 12.4. The van der Waals surface area contributed by atoms with Gasteiger partial charge in [-0.05, 0) is 44.3 Å². The van der Waals surface area contributed by atoms with E-state index in [0.717, 1.165) is 0 Å². The van der Waals surface area contributed by atoms with E-state index in [0.29, 0.717) is 32.7 Å². The van der Waals surface area contributed by atoms with Gasteiger partial charge in [0.25, 0.3) is 5.91 Å². The lowest BCUT2D eigenvalue weighted by Crippen LogP contribution is -2.45. The molecule has 0 spiro atoms. The van der Waals surface area contributed by atoms with E-state index in [1.54, 1.807) is 32.0 Å². The van der Waals surface area contributed by atoms with Crippen LogP contribution in [0.2, 0.25) is 5.02 Å². The van der Waals surface area contributed by atoms with Crippen molar-refractivity contribution in [2.24, 2.45) is 5.84 Å². The van der Waals surface area contributed by atoms with E-state index in [1.165, 1.54) is 0 Å². The monoisotopic (exact) mass is 398 g/mol. The average Bonchev–Trinajstić information content (AvgIpc) is 2.59. The van der Waals surface area contributed by atoms with E-state index in [-0.39, 0.29) is 13.2 Å². The Hall–Kier alpha value is -2.36. The Morgan fingerprint density at radius 3 is 2.81 bits per heavy atom. The quantitative estimate of drug-likeness (QED) is 0.185. The van der Waals surface area contributed by atoms with Crippen molar-refractivity contribution in [2.45, 2.75) is 19.9 Å². The fraction of sp³-hybridized carbons (Fsp3) is 0.312. The first-order chi connectivity index (χ1) is 12.4. The van der Waals surface area contributed by atoms with Gasteiger partial charge in [-0.15, -0.1) is 0 Å². The van der Waals surface area contributed by atoms with Gasteiger partial charge >= 0.3 is 5.97 Å². The molecule has 0 radical (unpaired) electrons. The van der Waals surface area contributed by atoms with Gasteiger partial charge in [-0.2, -0.15) is 0 Å². The number of hydrogen-bond donors (Lipinski definition) is 4. The first-order valence-electron chi connectivity index (χ1n) is 7.74. The van der Waals surface area contributed by atoms with E-state index >= 15 is 0 Å². The zero-order chi connectivity index (χ0) is 19.3. The maximum Gasteiger partial charge on any atom is 0.338 e. The molecule has 0 bridgehead atoms. The van der Waals surface area contributed by atoms with Gasteiger partial charge in [0.15, 0.2) is 11.7 Å². The number of benzene rings is 1. The first kappa shape index (κ1) is 20.0. The van der Waals surface area contributed by atoms with E-state index in [9.17, 15) is 9.59 Å². The number of carbonyl (C=O) groups excluding carboxylic acids is 2. The van der Waals surface area contributed by atoms with Crippen molar-refractivity contribution in [3.63, 3.8) is 0 Å². The van der Waals surface area contributed by atoms with Gasteiger partial charge in [-0.1, -0.05) is 11.6 Å². The van der Waals surface area contributed by atoms with Crippen molar-refractivity contribution in [3.8, 4) is 5.75 Å². The number of amides is 1. The predicted molar refractivity (Wildman–Crippen MR) is 100 cm³/mol. The summed E-state index contributed by atoms with van der Waals surface area (Å²) in [4.78, 5) is 23.8. The number of nitrogens with one attached hydrogen (secondary N) is 3. The highest BCUT2D eigenvalue weighted by molar-refractivity contribution is 7.80. The summed E-state index contributed by atoms with van der Waals surface area (Å²) in [7, 11) is 0. The largest absolute Gasteiger partial charge is 0.483 e. The molecular formula is C16H19ClN4O4S. The van der Waals surface area contributed by atoms with Gasteiger partial charge in [0, 0.05) is 16.3 Å². The summed E-state index contributed by atoms with van der Waals surface area (Å²) in [6.45, 7) is 3.37. The van der Waals surface area contributed by atoms with Crippen molar-refractivity contribution in [2.75, 3.05) is 13.2 Å². The fourth-order valence-electron chi connectivity index (χ4n) is 2.47. The topological polar surface area (TPSA) is 115 Å². The summed E-state index contributed by atoms with van der Waals surface area (Å²) in [6.07, 6.45) is 0. The molecular weight excluding hydrogens is 380 g/mol. The molecule has 140 valence electrons. The van der Waals surface area contributed by atoms with Crippen LogP contribution in [0.25, 0.3) is 0 Å². The van der Waals surface area contributed by atoms with Gasteiger partial charge in [-0.3, -0.25) is 10.2 Å². The Kier molecular flexibility index (Phi) is 6.78. The van der Waals surface area contributed by atoms with Crippen LogP contribution in [0.5, 0.6) is 5.75 Å². The standard InChI is InChI=1S/C16H19ClN4O4S/c1-3-24-15(23)13-8(2)19-16(26)20-14(13)10-6-9(17)4-5-11(10)25-7-12(22)21-18/h4-6,14H,3,7,18H2,1-2H3,(H,21,22)(H2,19,20,26). The third-order valence-corrected chi connectivity index (χ3v) is 4.02. The number of rotatable bonds is 6. The Bertz CT molecular complexity index is 769. The Labute approximate surface area is 161 Å². The van der Waals surface area contributed by atoms with Crippen LogP contribution in [-0.4, -0.2) is 30.2 Å². The zero-order valence-corrected chi connectivity index (χ0v) is 15.8. The van der Waals surface area contributed by atoms with Crippen LogP contribution in [0.1, 0.15) is 25.5 Å². The van der Waals surface area contributed by atoms with Gasteiger partial charge in [0.1, 0.15) is 5.75 Å². The highest BCUT2D eigenvalue weighted by atomic mass is 35.5. The number of hydrazine groups is 1. The summed E-state index contributed by atoms with van der Waals surface area (Å²) in [5, 5.41) is 6.70. The smallest absolute Gasteiger partial charge is 0.338 e. The van der Waals surface area contributed by atoms with Crippen molar-refractivity contribution in [3.05, 3.63) is 40.1 Å². The van der Waals surface area contributed by atoms with Gasteiger partial charge < -0.3 is 20.1 Å². The Morgan fingerprint density at radius 2 is 2.15 bits per heavy atom. The molecule has 2 rings (SSSR count). The average molecular weight is 399 g/mol. The SMILES string of the molecule is CCOC(=O)C1=C(C)NC(=S)NC1c1cc(Cl)ccc1OCC(=O)NN. The summed E-state index contributed by atoms with van der Waals surface area (Å²) < 4.78 is 10.7. The third kappa shape index (κ3) is 4.63. The zero-order valence-electron chi connectivity index (χ0n) is 14.2. The van der Waals surface area contributed by atoms with Crippen LogP contribution >= 0.6 is 23.8 Å². The molecule has 1 unspecified atom stereocenters. The molecule has 1 aromatic rings. The summed E-state index contributed by atoms with van der Waals surface area (Å²) >= 11 is 11.3. The van der Waals surface area contributed by atoms with Crippen molar-refractivity contribution in [1.29, 1.82) is 0 Å². The molecule has 1 heterocycles. The van der Waals surface area contributed by atoms with Crippen LogP contribution in [0.3, 0.4) is 0 Å². The molecule has 0 saturated heterocycles. The number of nitrogens with two attached hydrogens (primary N) is 1. The second-order valence-corrected chi connectivity index (χ2v) is 6.17. The second kappa shape index (κ2) is 8.84. The van der Waals surface area contributed by atoms with Gasteiger partial charge in [-0.25, -0.2) is 10.6 Å². The van der Waals surface area contributed by atoms with Gasteiger partial charge in [0.05, 0.1) is 18.2 Å². The van der Waals surface area contributed by atoms with Crippen LogP contribution < -0.4 is 26.6 Å². The number of carbonyl (C=O) groups is 2. The lowest BCUT2D eigenvalue weighted by Gasteiger charge is -2.30. The molecule has 5 N–H and O–H groups in total. The molecule has 1 aromatic carbocycles. The second-order valence-electron chi connectivity index (χ2n) is 5.33. The number of hydrogen-bond acceptors (Lipinski definition) is 6. The molecule has 1 aliphatic heterocycles. The summed E-state index contributed by atoms with van der Waals surface area (Å²) in [5.74, 6) is 4.42. The fourth-order valence-corrected chi connectivity index (χ4v) is 2.92. The number of allylic oxidation sites excluding steroid dienone is 1. The molecule has 1 amide bonds.